The maximum atomic E-state index is 15.3. The molecule has 22 heteroatoms. The zero-order chi connectivity index (χ0) is 73.7. The summed E-state index contributed by atoms with van der Waals surface area (Å²) in [4.78, 5) is 28.9. The molecule has 554 valence electrons. The first-order valence-corrected chi connectivity index (χ1v) is 35.7. The molecule has 0 aromatic heterocycles. The molecule has 0 amide bonds. The fourth-order valence-electron chi connectivity index (χ4n) is 11.7. The van der Waals surface area contributed by atoms with Gasteiger partial charge in [0.1, 0.15) is 47.3 Å². The van der Waals surface area contributed by atoms with Crippen LogP contribution < -0.4 is 28.4 Å². The molecule has 0 spiro atoms. The van der Waals surface area contributed by atoms with Crippen molar-refractivity contribution in [2.24, 2.45) is 0 Å². The SMILES string of the molecule is CCCCCCCCCCCCOc1cc(C#Cc2cc(C(=O)Oc3c(F)c(F)c(F)c(F)c3F)c(OCc3ccccc3)c(C3OCCCO3)c2)c(OCCCCCCCCCCCC)cc1C#Cc1cc(C(=O)Oc2c(F)c(F)c(F)c(F)c2F)c(OCc2ccccc2)c(C2OCCCO2)c1. The van der Waals surface area contributed by atoms with Crippen LogP contribution in [0.25, 0.3) is 0 Å². The van der Waals surface area contributed by atoms with Gasteiger partial charge in [0, 0.05) is 23.3 Å². The van der Waals surface area contributed by atoms with Gasteiger partial charge in [-0.2, -0.15) is 17.6 Å². The van der Waals surface area contributed by atoms with Gasteiger partial charge < -0.3 is 47.4 Å². The van der Waals surface area contributed by atoms with E-state index in [2.05, 4.69) is 37.5 Å². The summed E-state index contributed by atoms with van der Waals surface area (Å²) in [6.45, 7) is 5.01. The minimum Gasteiger partial charge on any atom is -0.492 e. The number of hydrogen-bond acceptors (Lipinski definition) is 12. The van der Waals surface area contributed by atoms with Crippen LogP contribution in [0.15, 0.2) is 97.1 Å². The van der Waals surface area contributed by atoms with Crippen molar-refractivity contribution >= 4 is 11.9 Å². The largest absolute Gasteiger partial charge is 0.492 e. The fraction of sp³-hybridized carbons (Fsp3) is 0.415. The average Bonchev–Trinajstić information content (AvgIpc) is 0.786. The summed E-state index contributed by atoms with van der Waals surface area (Å²) in [5.74, 6) is -18.7. The average molecular weight is 1450 g/mol. The van der Waals surface area contributed by atoms with E-state index in [0.29, 0.717) is 36.8 Å². The first kappa shape index (κ1) is 79.1. The molecule has 0 aliphatic carbocycles. The van der Waals surface area contributed by atoms with Gasteiger partial charge in [0.25, 0.3) is 0 Å². The van der Waals surface area contributed by atoms with Crippen molar-refractivity contribution in [2.45, 2.75) is 181 Å². The summed E-state index contributed by atoms with van der Waals surface area (Å²) in [7, 11) is 0. The molecule has 0 atom stereocenters. The first-order chi connectivity index (χ1) is 50.6. The second kappa shape index (κ2) is 40.8. The molecular weight excluding hydrogens is 1370 g/mol. The van der Waals surface area contributed by atoms with Crippen LogP contribution in [-0.2, 0) is 32.2 Å². The molecule has 0 radical (unpaired) electrons. The third-order valence-electron chi connectivity index (χ3n) is 17.3. The zero-order valence-electron chi connectivity index (χ0n) is 58.3. The van der Waals surface area contributed by atoms with Gasteiger partial charge in [0.2, 0.25) is 69.7 Å². The molecule has 2 aliphatic rings. The summed E-state index contributed by atoms with van der Waals surface area (Å²) < 4.78 is 209. The molecule has 12 nitrogen and oxygen atoms in total. The second-order valence-corrected chi connectivity index (χ2v) is 25.3. The van der Waals surface area contributed by atoms with Crippen molar-refractivity contribution in [3.63, 3.8) is 0 Å². The standard InChI is InChI=1S/C82H84F10O12/c1-3-5-7-9-11-13-15-17-19-27-39-95-63-49-58(38-36-56-46-60(80(94)104-78-73(91)69(87)66(84)70(88)74(78)92)76(102-52-54-33-25-22-26-34-54)62(48-56)82-99-43-30-44-100-82)64(96-40-28-20-18-16-14-12-10-8-6-4-2)50-57(63)37-35-55-45-59(79(93)103-77-71(89)67(85)65(83)68(86)72(77)90)75(101-51-53-31-23-21-24-32-53)61(47-55)81-97-41-29-42-98-81/h21-26,31-34,45-50,81-82H,3-20,27-30,39-44,51-52H2,1-2H3. The molecule has 7 aromatic carbocycles. The number of carbonyl (C=O) groups is 2. The Morgan fingerprint density at radius 1 is 0.365 bits per heavy atom. The minimum atomic E-state index is -2.47. The fourth-order valence-corrected chi connectivity index (χ4v) is 11.7. The van der Waals surface area contributed by atoms with Gasteiger partial charge in [-0.25, -0.2) is 35.9 Å². The third-order valence-corrected chi connectivity index (χ3v) is 17.3. The summed E-state index contributed by atoms with van der Waals surface area (Å²) in [5, 5.41) is 0. The van der Waals surface area contributed by atoms with Crippen LogP contribution in [0, 0.1) is 81.9 Å². The number of rotatable bonds is 36. The van der Waals surface area contributed by atoms with E-state index in [9.17, 15) is 35.9 Å². The van der Waals surface area contributed by atoms with Crippen LogP contribution in [0.5, 0.6) is 34.5 Å². The number of hydrogen-bond donors (Lipinski definition) is 0. The predicted octanol–water partition coefficient (Wildman–Crippen LogP) is 20.9. The molecule has 9 rings (SSSR count). The van der Waals surface area contributed by atoms with Crippen LogP contribution in [0.3, 0.4) is 0 Å². The Bertz CT molecular complexity index is 3820. The third kappa shape index (κ3) is 22.0. The molecule has 2 aliphatic heterocycles. The van der Waals surface area contributed by atoms with Crippen LogP contribution in [-0.4, -0.2) is 51.6 Å². The number of unbranched alkanes of at least 4 members (excludes halogenated alkanes) is 18. The molecule has 2 saturated heterocycles. The highest BCUT2D eigenvalue weighted by atomic mass is 19.2. The smallest absolute Gasteiger partial charge is 0.347 e. The van der Waals surface area contributed by atoms with Crippen molar-refractivity contribution in [1.82, 2.24) is 0 Å². The number of halogens is 10. The normalized spacial score (nSPS) is 13.2. The van der Waals surface area contributed by atoms with E-state index in [1.165, 1.54) is 50.7 Å². The van der Waals surface area contributed by atoms with Crippen LogP contribution >= 0.6 is 0 Å². The Balaban J connectivity index is 1.17. The molecule has 0 bridgehead atoms. The first-order valence-electron chi connectivity index (χ1n) is 35.7. The van der Waals surface area contributed by atoms with Crippen molar-refractivity contribution in [2.75, 3.05) is 39.6 Å². The van der Waals surface area contributed by atoms with Crippen LogP contribution in [0.2, 0.25) is 0 Å². The maximum absolute atomic E-state index is 15.3. The highest BCUT2D eigenvalue weighted by molar-refractivity contribution is 5.96. The monoisotopic (exact) mass is 1450 g/mol. The van der Waals surface area contributed by atoms with Gasteiger partial charge in [-0.05, 0) is 61.1 Å². The minimum absolute atomic E-state index is 0.0129. The molecule has 0 saturated carbocycles. The molecule has 0 unspecified atom stereocenters. The van der Waals surface area contributed by atoms with Gasteiger partial charge in [-0.3, -0.25) is 0 Å². The van der Waals surface area contributed by atoms with Crippen molar-refractivity contribution in [1.29, 1.82) is 0 Å². The van der Waals surface area contributed by atoms with E-state index >= 15 is 17.6 Å². The maximum Gasteiger partial charge on any atom is 0.347 e. The zero-order valence-corrected chi connectivity index (χ0v) is 58.3. The number of esters is 2. The molecule has 104 heavy (non-hydrogen) atoms. The van der Waals surface area contributed by atoms with Gasteiger partial charge in [-0.15, -0.1) is 0 Å². The topological polar surface area (TPSA) is 126 Å². The quantitative estimate of drug-likeness (QED) is 0.00706. The van der Waals surface area contributed by atoms with Crippen molar-refractivity contribution in [3.8, 4) is 58.2 Å². The second-order valence-electron chi connectivity index (χ2n) is 25.3. The number of ether oxygens (including phenoxy) is 10. The van der Waals surface area contributed by atoms with Gasteiger partial charge in [0.05, 0.1) is 61.9 Å². The van der Waals surface area contributed by atoms with Crippen molar-refractivity contribution in [3.05, 3.63) is 211 Å². The molecule has 0 N–H and O–H groups in total. The highest BCUT2D eigenvalue weighted by Gasteiger charge is 2.35. The van der Waals surface area contributed by atoms with Gasteiger partial charge in [0.15, 0.2) is 12.6 Å². The lowest BCUT2D eigenvalue weighted by Gasteiger charge is -2.26. The van der Waals surface area contributed by atoms with E-state index in [-0.39, 0.29) is 109 Å². The Morgan fingerprint density at radius 3 is 1.00 bits per heavy atom. The number of benzene rings is 7. The number of carbonyl (C=O) groups excluding carboxylic acids is 2. The Labute approximate surface area is 599 Å². The lowest BCUT2D eigenvalue weighted by atomic mass is 10.0. The van der Waals surface area contributed by atoms with E-state index in [1.807, 2.05) is 0 Å². The summed E-state index contributed by atoms with van der Waals surface area (Å²) in [6.07, 6.45) is 19.1. The molecule has 2 fully saturated rings. The molecule has 7 aromatic rings. The van der Waals surface area contributed by atoms with E-state index in [0.717, 1.165) is 89.2 Å². The predicted molar refractivity (Wildman–Crippen MR) is 368 cm³/mol. The summed E-state index contributed by atoms with van der Waals surface area (Å²) >= 11 is 0. The Kier molecular flexibility index (Phi) is 31.1. The van der Waals surface area contributed by atoms with Crippen molar-refractivity contribution < 1.29 is 101 Å². The van der Waals surface area contributed by atoms with Gasteiger partial charge >= 0.3 is 11.9 Å². The van der Waals surface area contributed by atoms with Crippen LogP contribution in [0.4, 0.5) is 43.9 Å². The molecular formula is C82H84F10O12. The Hall–Kier alpha value is -9.06. The summed E-state index contributed by atoms with van der Waals surface area (Å²) in [5.41, 5.74) is 0.637. The van der Waals surface area contributed by atoms with E-state index in [1.54, 1.807) is 72.8 Å². The van der Waals surface area contributed by atoms with E-state index in [4.69, 9.17) is 47.4 Å². The van der Waals surface area contributed by atoms with Crippen LogP contribution in [0.1, 0.15) is 233 Å². The lowest BCUT2D eigenvalue weighted by Crippen LogP contribution is -2.21. The highest BCUT2D eigenvalue weighted by Crippen LogP contribution is 2.41. The lowest BCUT2D eigenvalue weighted by molar-refractivity contribution is -0.183. The molecule has 2 heterocycles. The van der Waals surface area contributed by atoms with Gasteiger partial charge in [-0.1, -0.05) is 214 Å². The Morgan fingerprint density at radius 2 is 0.673 bits per heavy atom. The summed E-state index contributed by atoms with van der Waals surface area (Å²) in [6, 6.07) is 25.8. The van der Waals surface area contributed by atoms with E-state index < -0.39 is 105 Å².